The lowest BCUT2D eigenvalue weighted by atomic mass is 10.1. The maximum Gasteiger partial charge on any atom is 0.131 e. The van der Waals surface area contributed by atoms with Gasteiger partial charge in [0, 0.05) is 12.7 Å². The first kappa shape index (κ1) is 13.7. The Kier molecular flexibility index (Phi) is 3.42. The van der Waals surface area contributed by atoms with Crippen molar-refractivity contribution in [2.45, 2.75) is 26.8 Å². The molecular weight excluding hydrogens is 258 g/mol. The van der Waals surface area contributed by atoms with E-state index in [2.05, 4.69) is 74.1 Å². The number of anilines is 1. The van der Waals surface area contributed by atoms with Crippen LogP contribution in [0, 0.1) is 13.8 Å². The molecule has 0 amide bonds. The van der Waals surface area contributed by atoms with Gasteiger partial charge in [0.15, 0.2) is 0 Å². The van der Waals surface area contributed by atoms with Gasteiger partial charge in [0.25, 0.3) is 0 Å². The summed E-state index contributed by atoms with van der Waals surface area (Å²) in [5.41, 5.74) is 5.90. The van der Waals surface area contributed by atoms with Crippen LogP contribution in [-0.4, -0.2) is 9.55 Å². The Morgan fingerprint density at radius 3 is 2.38 bits per heavy atom. The standard InChI is InChI=1S/C18H21N3/c1-12-9-13(2)11-15(10-12)19-14(3)18-20-16-7-5-6-8-17(16)21(18)4/h5-11,14,19H,1-4H3. The van der Waals surface area contributed by atoms with Crippen molar-refractivity contribution in [3.8, 4) is 0 Å². The van der Waals surface area contributed by atoms with Crippen LogP contribution in [0.1, 0.15) is 29.9 Å². The Morgan fingerprint density at radius 1 is 1.05 bits per heavy atom. The number of nitrogens with one attached hydrogen (secondary N) is 1. The molecule has 3 aromatic rings. The van der Waals surface area contributed by atoms with E-state index in [1.165, 1.54) is 16.6 Å². The first-order valence-corrected chi connectivity index (χ1v) is 7.31. The van der Waals surface area contributed by atoms with Crippen LogP contribution in [0.4, 0.5) is 5.69 Å². The molecule has 3 heteroatoms. The first-order valence-electron chi connectivity index (χ1n) is 7.31. The maximum atomic E-state index is 4.75. The monoisotopic (exact) mass is 279 g/mol. The van der Waals surface area contributed by atoms with E-state index in [1.54, 1.807) is 0 Å². The normalized spacial score (nSPS) is 12.6. The van der Waals surface area contributed by atoms with Crippen LogP contribution in [0.5, 0.6) is 0 Å². The minimum absolute atomic E-state index is 0.156. The third-order valence-corrected chi connectivity index (χ3v) is 3.81. The summed E-state index contributed by atoms with van der Waals surface area (Å²) in [7, 11) is 2.07. The van der Waals surface area contributed by atoms with Gasteiger partial charge in [0.1, 0.15) is 5.82 Å². The van der Waals surface area contributed by atoms with Crippen molar-refractivity contribution in [2.75, 3.05) is 5.32 Å². The van der Waals surface area contributed by atoms with Crippen LogP contribution in [0.25, 0.3) is 11.0 Å². The molecule has 21 heavy (non-hydrogen) atoms. The number of hydrogen-bond donors (Lipinski definition) is 1. The second-order valence-corrected chi connectivity index (χ2v) is 5.76. The van der Waals surface area contributed by atoms with Crippen LogP contribution >= 0.6 is 0 Å². The van der Waals surface area contributed by atoms with E-state index in [1.807, 2.05) is 6.07 Å². The fraction of sp³-hybridized carbons (Fsp3) is 0.278. The van der Waals surface area contributed by atoms with Gasteiger partial charge in [0.2, 0.25) is 0 Å². The average molecular weight is 279 g/mol. The van der Waals surface area contributed by atoms with E-state index in [0.717, 1.165) is 17.0 Å². The molecule has 0 fully saturated rings. The molecule has 0 radical (unpaired) electrons. The molecule has 1 heterocycles. The molecule has 1 atom stereocenters. The smallest absolute Gasteiger partial charge is 0.131 e. The fourth-order valence-corrected chi connectivity index (χ4v) is 2.92. The Labute approximate surface area is 125 Å². The van der Waals surface area contributed by atoms with Crippen molar-refractivity contribution in [1.82, 2.24) is 9.55 Å². The number of aryl methyl sites for hydroxylation is 3. The molecule has 0 bridgehead atoms. The van der Waals surface area contributed by atoms with E-state index in [-0.39, 0.29) is 6.04 Å². The lowest BCUT2D eigenvalue weighted by Crippen LogP contribution is -2.12. The number of nitrogens with zero attached hydrogens (tertiary/aromatic N) is 2. The molecule has 1 aromatic heterocycles. The van der Waals surface area contributed by atoms with Gasteiger partial charge in [-0.1, -0.05) is 18.2 Å². The van der Waals surface area contributed by atoms with Crippen LogP contribution < -0.4 is 5.32 Å². The van der Waals surface area contributed by atoms with E-state index in [0.29, 0.717) is 0 Å². The van der Waals surface area contributed by atoms with Crippen molar-refractivity contribution in [2.24, 2.45) is 7.05 Å². The molecule has 3 nitrogen and oxygen atoms in total. The SMILES string of the molecule is Cc1cc(C)cc(NC(C)c2nc3ccccc3n2C)c1. The van der Waals surface area contributed by atoms with Crippen LogP contribution in [0.15, 0.2) is 42.5 Å². The minimum atomic E-state index is 0.156. The molecule has 0 aliphatic heterocycles. The quantitative estimate of drug-likeness (QED) is 0.772. The third kappa shape index (κ3) is 2.64. The summed E-state index contributed by atoms with van der Waals surface area (Å²) in [5, 5.41) is 3.56. The molecule has 0 saturated heterocycles. The summed E-state index contributed by atoms with van der Waals surface area (Å²) in [5.74, 6) is 1.05. The van der Waals surface area contributed by atoms with Crippen LogP contribution in [-0.2, 0) is 7.05 Å². The second-order valence-electron chi connectivity index (χ2n) is 5.76. The number of rotatable bonds is 3. The number of benzene rings is 2. The van der Waals surface area contributed by atoms with Gasteiger partial charge in [-0.3, -0.25) is 0 Å². The first-order chi connectivity index (χ1) is 10.0. The highest BCUT2D eigenvalue weighted by molar-refractivity contribution is 5.76. The predicted molar refractivity (Wildman–Crippen MR) is 88.7 cm³/mol. The second kappa shape index (κ2) is 5.24. The van der Waals surface area contributed by atoms with E-state index < -0.39 is 0 Å². The largest absolute Gasteiger partial charge is 0.375 e. The molecule has 0 spiro atoms. The van der Waals surface area contributed by atoms with Gasteiger partial charge < -0.3 is 9.88 Å². The summed E-state index contributed by atoms with van der Waals surface area (Å²) in [6.07, 6.45) is 0. The summed E-state index contributed by atoms with van der Waals surface area (Å²) in [6.45, 7) is 6.40. The molecule has 2 aromatic carbocycles. The summed E-state index contributed by atoms with van der Waals surface area (Å²) >= 11 is 0. The Hall–Kier alpha value is -2.29. The maximum absolute atomic E-state index is 4.75. The van der Waals surface area contributed by atoms with Gasteiger partial charge >= 0.3 is 0 Å². The Morgan fingerprint density at radius 2 is 1.71 bits per heavy atom. The zero-order valence-corrected chi connectivity index (χ0v) is 13.0. The van der Waals surface area contributed by atoms with Gasteiger partial charge in [-0.15, -0.1) is 0 Å². The zero-order chi connectivity index (χ0) is 15.0. The topological polar surface area (TPSA) is 29.9 Å². The summed E-state index contributed by atoms with van der Waals surface area (Å²) in [4.78, 5) is 4.75. The Bertz CT molecular complexity index is 766. The molecule has 0 saturated carbocycles. The highest BCUT2D eigenvalue weighted by atomic mass is 15.1. The highest BCUT2D eigenvalue weighted by Crippen LogP contribution is 2.23. The summed E-state index contributed by atoms with van der Waals surface area (Å²) in [6, 6.07) is 14.9. The molecule has 0 aliphatic rings. The number of hydrogen-bond acceptors (Lipinski definition) is 2. The zero-order valence-electron chi connectivity index (χ0n) is 13.0. The minimum Gasteiger partial charge on any atom is -0.375 e. The lowest BCUT2D eigenvalue weighted by Gasteiger charge is -2.16. The molecule has 1 N–H and O–H groups in total. The lowest BCUT2D eigenvalue weighted by molar-refractivity contribution is 0.733. The molecule has 1 unspecified atom stereocenters. The van der Waals surface area contributed by atoms with Gasteiger partial charge in [-0.2, -0.15) is 0 Å². The molecule has 108 valence electrons. The Balaban J connectivity index is 1.93. The van der Waals surface area contributed by atoms with Gasteiger partial charge in [-0.25, -0.2) is 4.98 Å². The summed E-state index contributed by atoms with van der Waals surface area (Å²) < 4.78 is 2.16. The average Bonchev–Trinajstić information content (AvgIpc) is 2.76. The predicted octanol–water partition coefficient (Wildman–Crippen LogP) is 4.36. The molecule has 3 rings (SSSR count). The molecule has 0 aliphatic carbocycles. The number of fused-ring (bicyclic) bond motifs is 1. The van der Waals surface area contributed by atoms with Crippen LogP contribution in [0.3, 0.4) is 0 Å². The van der Waals surface area contributed by atoms with Gasteiger partial charge in [0.05, 0.1) is 17.1 Å². The van der Waals surface area contributed by atoms with Gasteiger partial charge in [-0.05, 0) is 56.2 Å². The van der Waals surface area contributed by atoms with Crippen LogP contribution in [0.2, 0.25) is 0 Å². The van der Waals surface area contributed by atoms with E-state index >= 15 is 0 Å². The number of imidazole rings is 1. The van der Waals surface area contributed by atoms with Crippen molar-refractivity contribution >= 4 is 16.7 Å². The number of aromatic nitrogens is 2. The van der Waals surface area contributed by atoms with Crippen molar-refractivity contribution in [3.05, 3.63) is 59.4 Å². The number of para-hydroxylation sites is 2. The van der Waals surface area contributed by atoms with E-state index in [9.17, 15) is 0 Å². The van der Waals surface area contributed by atoms with E-state index in [4.69, 9.17) is 4.98 Å². The highest BCUT2D eigenvalue weighted by Gasteiger charge is 2.14. The molecular formula is C18H21N3. The third-order valence-electron chi connectivity index (χ3n) is 3.81. The van der Waals surface area contributed by atoms with Crippen molar-refractivity contribution < 1.29 is 0 Å². The van der Waals surface area contributed by atoms with Crippen molar-refractivity contribution in [1.29, 1.82) is 0 Å². The van der Waals surface area contributed by atoms with Crippen molar-refractivity contribution in [3.63, 3.8) is 0 Å². The fourth-order valence-electron chi connectivity index (χ4n) is 2.92.